The Hall–Kier alpha value is -3.09. The van der Waals surface area contributed by atoms with Crippen molar-refractivity contribution in [3.63, 3.8) is 0 Å². The second kappa shape index (κ2) is 12.1. The molecule has 0 radical (unpaired) electrons. The summed E-state index contributed by atoms with van der Waals surface area (Å²) in [7, 11) is 17.9. The molecule has 0 fully saturated rings. The van der Waals surface area contributed by atoms with E-state index in [1.807, 2.05) is 0 Å². The first-order chi connectivity index (χ1) is 22.7. The normalized spacial score (nSPS) is 18.4. The van der Waals surface area contributed by atoms with Gasteiger partial charge in [-0.2, -0.15) is 0 Å². The van der Waals surface area contributed by atoms with Crippen molar-refractivity contribution in [2.45, 2.75) is 51.4 Å². The molecular weight excluding hydrogens is 691 g/mol. The first-order valence-electron chi connectivity index (χ1n) is 17.2. The van der Waals surface area contributed by atoms with E-state index in [0.29, 0.717) is 0 Å². The Kier molecular flexibility index (Phi) is 8.36. The van der Waals surface area contributed by atoms with Crippen LogP contribution < -0.4 is 0 Å². The molecule has 0 saturated heterocycles. The first-order valence-corrected chi connectivity index (χ1v) is 30.2. The van der Waals surface area contributed by atoms with Gasteiger partial charge in [-0.3, -0.25) is 0 Å². The maximum atomic E-state index is 8.94. The minimum absolute atomic E-state index is 0.102. The fourth-order valence-electron chi connectivity index (χ4n) is 9.03. The molecular formula is C44H43Cl2Zr. The molecule has 0 spiro atoms. The summed E-state index contributed by atoms with van der Waals surface area (Å²) in [5.74, 6) is 0. The summed E-state index contributed by atoms with van der Waals surface area (Å²) in [4.78, 5) is 0. The van der Waals surface area contributed by atoms with Gasteiger partial charge in [-0.1, -0.05) is 0 Å². The van der Waals surface area contributed by atoms with Crippen molar-refractivity contribution < 1.29 is 14.4 Å². The second-order valence-electron chi connectivity index (χ2n) is 14.2. The van der Waals surface area contributed by atoms with Gasteiger partial charge in [-0.15, -0.1) is 0 Å². The van der Waals surface area contributed by atoms with Gasteiger partial charge in [-0.25, -0.2) is 0 Å². The van der Waals surface area contributed by atoms with Crippen molar-refractivity contribution in [1.29, 1.82) is 0 Å². The second-order valence-corrected chi connectivity index (χ2v) is 45.5. The van der Waals surface area contributed by atoms with E-state index in [9.17, 15) is 0 Å². The van der Waals surface area contributed by atoms with Crippen molar-refractivity contribution >= 4 is 32.9 Å². The predicted molar refractivity (Wildman–Crippen MR) is 204 cm³/mol. The fraction of sp³-hybridized carbons (Fsp3) is 0.205. The van der Waals surface area contributed by atoms with Crippen LogP contribution in [0.5, 0.6) is 0 Å². The summed E-state index contributed by atoms with van der Waals surface area (Å²) in [5.41, 5.74) is 13.9. The summed E-state index contributed by atoms with van der Waals surface area (Å²) >= 11 is -5.88. The van der Waals surface area contributed by atoms with Crippen LogP contribution in [-0.4, -0.2) is 3.71 Å². The molecule has 0 saturated carbocycles. The van der Waals surface area contributed by atoms with E-state index in [1.54, 1.807) is 0 Å². The van der Waals surface area contributed by atoms with Crippen molar-refractivity contribution in [3.8, 4) is 22.3 Å². The van der Waals surface area contributed by atoms with Gasteiger partial charge in [0.2, 0.25) is 0 Å². The average molecular weight is 734 g/mol. The number of rotatable bonds is 9. The van der Waals surface area contributed by atoms with E-state index < -0.39 is 14.4 Å². The predicted octanol–water partition coefficient (Wildman–Crippen LogP) is 13.6. The molecule has 2 atom stereocenters. The fourth-order valence-corrected chi connectivity index (χ4v) is 33.2. The van der Waals surface area contributed by atoms with Crippen LogP contribution in [0.1, 0.15) is 74.6 Å². The van der Waals surface area contributed by atoms with Gasteiger partial charge >= 0.3 is 287 Å². The monoisotopic (exact) mass is 731 g/mol. The zero-order valence-electron chi connectivity index (χ0n) is 27.6. The maximum absolute atomic E-state index is 8.94. The van der Waals surface area contributed by atoms with Crippen LogP contribution in [0.15, 0.2) is 139 Å². The third-order valence-electron chi connectivity index (χ3n) is 10.6. The van der Waals surface area contributed by atoms with Crippen LogP contribution in [0.3, 0.4) is 0 Å². The SMILES string of the molecule is CCCC1=Cc2c(-c3ccccc3)cccc2[CH]1[Zr]([CH3])([Cl])([Cl])(=[CH]c1ccccc1)[CH]1C(CCC)=Cc2c(-c3ccccc3)cccc21. The minimum atomic E-state index is -5.88. The quantitative estimate of drug-likeness (QED) is 0.141. The van der Waals surface area contributed by atoms with Gasteiger partial charge in [0, 0.05) is 0 Å². The molecule has 5 aromatic rings. The van der Waals surface area contributed by atoms with Crippen LogP contribution in [0.4, 0.5) is 0 Å². The summed E-state index contributed by atoms with van der Waals surface area (Å²) in [5, 5.41) is 0. The van der Waals surface area contributed by atoms with E-state index in [0.717, 1.165) is 31.2 Å². The first kappa shape index (κ1) is 32.5. The Morgan fingerprint density at radius 3 is 1.34 bits per heavy atom. The third-order valence-corrected chi connectivity index (χ3v) is 31.6. The Morgan fingerprint density at radius 1 is 0.532 bits per heavy atom. The molecule has 47 heavy (non-hydrogen) atoms. The Morgan fingerprint density at radius 2 is 0.936 bits per heavy atom. The number of fused-ring (bicyclic) bond motifs is 2. The van der Waals surface area contributed by atoms with E-state index >= 15 is 0 Å². The van der Waals surface area contributed by atoms with Crippen molar-refractivity contribution in [2.24, 2.45) is 0 Å². The summed E-state index contributed by atoms with van der Waals surface area (Å²) in [6, 6.07) is 45.7. The number of hydrogen-bond donors (Lipinski definition) is 0. The molecule has 3 heteroatoms. The van der Waals surface area contributed by atoms with E-state index in [2.05, 4.69) is 162 Å². The number of benzene rings is 5. The molecule has 0 amide bonds. The van der Waals surface area contributed by atoms with Crippen LogP contribution >= 0.6 is 17.0 Å². The summed E-state index contributed by atoms with van der Waals surface area (Å²) in [6.45, 7) is 4.54. The molecule has 0 aromatic heterocycles. The Balaban J connectivity index is 1.58. The van der Waals surface area contributed by atoms with Crippen LogP contribution in [0, 0.1) is 0 Å². The number of hydrogen-bond acceptors (Lipinski definition) is 0. The molecule has 0 nitrogen and oxygen atoms in total. The molecule has 2 unspecified atom stereocenters. The van der Waals surface area contributed by atoms with Crippen LogP contribution in [-0.2, 0) is 14.4 Å². The van der Waals surface area contributed by atoms with E-state index in [-0.39, 0.29) is 7.25 Å². The molecule has 5 aromatic carbocycles. The average Bonchev–Trinajstić information content (AvgIpc) is 3.66. The molecule has 0 bridgehead atoms. The zero-order chi connectivity index (χ0) is 32.7. The van der Waals surface area contributed by atoms with Gasteiger partial charge in [0.15, 0.2) is 0 Å². The molecule has 0 heterocycles. The van der Waals surface area contributed by atoms with Crippen LogP contribution in [0.25, 0.3) is 34.4 Å². The Bertz CT molecular complexity index is 1980. The van der Waals surface area contributed by atoms with Crippen molar-refractivity contribution in [2.75, 3.05) is 0 Å². The molecule has 7 rings (SSSR count). The summed E-state index contributed by atoms with van der Waals surface area (Å²) < 4.78 is 4.54. The van der Waals surface area contributed by atoms with E-state index in [4.69, 9.17) is 17.0 Å². The molecule has 2 aliphatic carbocycles. The number of allylic oxidation sites excluding steroid dienone is 2. The third kappa shape index (κ3) is 5.54. The van der Waals surface area contributed by atoms with E-state index in [1.165, 1.54) is 55.7 Å². The van der Waals surface area contributed by atoms with Gasteiger partial charge < -0.3 is 0 Å². The standard InChI is InChI=1S/2C18H17.C7H6.CH3.2ClH.Zr/c2*1-2-7-14-12-16-10-6-11-17(18(16)13-14)15-8-4-3-5-9-15;1-7-5-3-2-4-6-7;;;;/h2*3-6,8-13H,2,7H2,1H3;1-6H;1H3;2*1H;/q;;;;;;+2/p-2. The van der Waals surface area contributed by atoms with Gasteiger partial charge in [0.1, 0.15) is 0 Å². The molecule has 237 valence electrons. The molecule has 0 aliphatic heterocycles. The van der Waals surface area contributed by atoms with Gasteiger partial charge in [0.25, 0.3) is 0 Å². The van der Waals surface area contributed by atoms with Gasteiger partial charge in [0.05, 0.1) is 0 Å². The summed E-state index contributed by atoms with van der Waals surface area (Å²) in [6.07, 6.45) is 8.86. The van der Waals surface area contributed by atoms with Crippen LogP contribution in [0.2, 0.25) is 4.63 Å². The topological polar surface area (TPSA) is 0 Å². The Labute approximate surface area is 285 Å². The van der Waals surface area contributed by atoms with Gasteiger partial charge in [-0.05, 0) is 0 Å². The molecule has 2 aliphatic rings. The van der Waals surface area contributed by atoms with Crippen molar-refractivity contribution in [1.82, 2.24) is 0 Å². The zero-order valence-corrected chi connectivity index (χ0v) is 31.6. The van der Waals surface area contributed by atoms with Crippen molar-refractivity contribution in [3.05, 3.63) is 166 Å². The number of halogens is 2. The molecule has 0 N–H and O–H groups in total.